The third-order valence-electron chi connectivity index (χ3n) is 3.28. The molecule has 0 radical (unpaired) electrons. The van der Waals surface area contributed by atoms with Gasteiger partial charge in [-0.15, -0.1) is 11.8 Å². The van der Waals surface area contributed by atoms with Gasteiger partial charge in [0.2, 0.25) is 0 Å². The molecule has 0 aliphatic heterocycles. The molecule has 0 bridgehead atoms. The molecule has 0 amide bonds. The molecule has 0 aromatic heterocycles. The number of carboxylic acid groups (broad SMARTS) is 1. The van der Waals surface area contributed by atoms with Crippen molar-refractivity contribution in [2.24, 2.45) is 0 Å². The van der Waals surface area contributed by atoms with E-state index in [1.165, 1.54) is 17.8 Å². The number of benzene rings is 1. The fourth-order valence-corrected chi connectivity index (χ4v) is 3.96. The molecule has 1 aromatic carbocycles. The van der Waals surface area contributed by atoms with Crippen LogP contribution in [0.15, 0.2) is 28.0 Å². The Labute approximate surface area is 110 Å². The van der Waals surface area contributed by atoms with Crippen LogP contribution < -0.4 is 0 Å². The molecule has 1 N–H and O–H groups in total. The van der Waals surface area contributed by atoms with Gasteiger partial charge in [0.25, 0.3) is 0 Å². The van der Waals surface area contributed by atoms with Crippen LogP contribution in [0.5, 0.6) is 0 Å². The first kappa shape index (κ1) is 13.4. The maximum Gasteiger partial charge on any atom is 0.314 e. The minimum Gasteiger partial charge on any atom is -0.481 e. The Balaban J connectivity index is 2.58. The van der Waals surface area contributed by atoms with E-state index in [2.05, 4.69) is 0 Å². The summed E-state index contributed by atoms with van der Waals surface area (Å²) in [7, 11) is -3.34. The highest BCUT2D eigenvalue weighted by Crippen LogP contribution is 2.49. The Morgan fingerprint density at radius 1 is 1.39 bits per heavy atom. The molecule has 1 aliphatic carbocycles. The largest absolute Gasteiger partial charge is 0.481 e. The number of aliphatic carboxylic acids is 1. The molecule has 1 aromatic rings. The summed E-state index contributed by atoms with van der Waals surface area (Å²) in [5.74, 6) is -0.876. The Kier molecular flexibility index (Phi) is 3.19. The van der Waals surface area contributed by atoms with E-state index in [1.807, 2.05) is 0 Å². The summed E-state index contributed by atoms with van der Waals surface area (Å²) in [6, 6.07) is 4.93. The van der Waals surface area contributed by atoms with Gasteiger partial charge >= 0.3 is 5.97 Å². The van der Waals surface area contributed by atoms with Crippen LogP contribution in [0.2, 0.25) is 0 Å². The Morgan fingerprint density at radius 3 is 2.39 bits per heavy atom. The van der Waals surface area contributed by atoms with Gasteiger partial charge in [-0.25, -0.2) is 8.42 Å². The van der Waals surface area contributed by atoms with E-state index in [1.54, 1.807) is 18.4 Å². The predicted octanol–water partition coefficient (Wildman–Crippen LogP) is 1.93. The summed E-state index contributed by atoms with van der Waals surface area (Å²) in [5.41, 5.74) is -0.274. The highest BCUT2D eigenvalue weighted by atomic mass is 32.2. The van der Waals surface area contributed by atoms with Gasteiger partial charge in [0, 0.05) is 11.2 Å². The average Bonchev–Trinajstić information content (AvgIpc) is 3.08. The number of thioether (sulfide) groups is 1. The number of sulfone groups is 1. The second-order valence-electron chi connectivity index (χ2n) is 4.53. The topological polar surface area (TPSA) is 71.4 Å². The Morgan fingerprint density at radius 2 is 2.00 bits per heavy atom. The van der Waals surface area contributed by atoms with Gasteiger partial charge in [0.1, 0.15) is 0 Å². The van der Waals surface area contributed by atoms with Gasteiger partial charge in [-0.2, -0.15) is 0 Å². The SMILES string of the molecule is CSc1ccc(C2(C(=O)O)CC2)cc1S(C)(=O)=O. The van der Waals surface area contributed by atoms with Crippen molar-refractivity contribution in [3.63, 3.8) is 0 Å². The molecule has 2 rings (SSSR count). The van der Waals surface area contributed by atoms with E-state index in [0.717, 1.165) is 6.26 Å². The fourth-order valence-electron chi connectivity index (χ4n) is 2.02. The molecule has 6 heteroatoms. The number of hydrogen-bond donors (Lipinski definition) is 1. The maximum atomic E-state index is 11.7. The highest BCUT2D eigenvalue weighted by molar-refractivity contribution is 7.99. The van der Waals surface area contributed by atoms with Crippen LogP contribution >= 0.6 is 11.8 Å². The van der Waals surface area contributed by atoms with Crippen LogP contribution in [0.25, 0.3) is 0 Å². The van der Waals surface area contributed by atoms with Crippen molar-refractivity contribution in [2.75, 3.05) is 12.5 Å². The van der Waals surface area contributed by atoms with Crippen molar-refractivity contribution >= 4 is 27.6 Å². The van der Waals surface area contributed by atoms with Crippen molar-refractivity contribution in [1.82, 2.24) is 0 Å². The minimum absolute atomic E-state index is 0.222. The monoisotopic (exact) mass is 286 g/mol. The molecule has 0 spiro atoms. The molecule has 1 fully saturated rings. The quantitative estimate of drug-likeness (QED) is 0.856. The number of hydrogen-bond acceptors (Lipinski definition) is 4. The molecule has 1 aliphatic rings. The normalized spacial score (nSPS) is 17.4. The van der Waals surface area contributed by atoms with Crippen LogP contribution in [-0.4, -0.2) is 32.0 Å². The van der Waals surface area contributed by atoms with Crippen LogP contribution in [-0.2, 0) is 20.0 Å². The van der Waals surface area contributed by atoms with E-state index in [4.69, 9.17) is 0 Å². The summed E-state index contributed by atoms with van der Waals surface area (Å²) < 4.78 is 23.4. The molecule has 4 nitrogen and oxygen atoms in total. The zero-order valence-corrected chi connectivity index (χ0v) is 11.8. The predicted molar refractivity (Wildman–Crippen MR) is 69.9 cm³/mol. The van der Waals surface area contributed by atoms with Crippen molar-refractivity contribution in [3.8, 4) is 0 Å². The minimum atomic E-state index is -3.34. The Bertz CT molecular complexity index is 601. The molecular weight excluding hydrogens is 272 g/mol. The van der Waals surface area contributed by atoms with E-state index in [-0.39, 0.29) is 4.90 Å². The van der Waals surface area contributed by atoms with Crippen LogP contribution in [0.3, 0.4) is 0 Å². The van der Waals surface area contributed by atoms with E-state index in [0.29, 0.717) is 23.3 Å². The third kappa shape index (κ3) is 2.14. The first-order valence-electron chi connectivity index (χ1n) is 5.43. The zero-order chi connectivity index (χ0) is 13.6. The van der Waals surface area contributed by atoms with Crippen molar-refractivity contribution in [1.29, 1.82) is 0 Å². The lowest BCUT2D eigenvalue weighted by molar-refractivity contribution is -0.140. The fraction of sp³-hybridized carbons (Fsp3) is 0.417. The third-order valence-corrected chi connectivity index (χ3v) is 5.34. The molecule has 0 heterocycles. The molecule has 98 valence electrons. The van der Waals surface area contributed by atoms with E-state index < -0.39 is 21.2 Å². The number of carbonyl (C=O) groups is 1. The van der Waals surface area contributed by atoms with E-state index >= 15 is 0 Å². The van der Waals surface area contributed by atoms with Gasteiger partial charge in [0.15, 0.2) is 9.84 Å². The molecule has 1 saturated carbocycles. The molecule has 0 atom stereocenters. The molecule has 0 unspecified atom stereocenters. The van der Waals surface area contributed by atoms with Crippen molar-refractivity contribution in [3.05, 3.63) is 23.8 Å². The summed E-state index contributed by atoms with van der Waals surface area (Å²) in [6.45, 7) is 0. The lowest BCUT2D eigenvalue weighted by atomic mass is 9.96. The summed E-state index contributed by atoms with van der Waals surface area (Å²) in [6.07, 6.45) is 4.09. The number of rotatable bonds is 4. The second kappa shape index (κ2) is 4.28. The van der Waals surface area contributed by atoms with Crippen molar-refractivity contribution in [2.45, 2.75) is 28.0 Å². The van der Waals surface area contributed by atoms with E-state index in [9.17, 15) is 18.3 Å². The summed E-state index contributed by atoms with van der Waals surface area (Å²) in [5, 5.41) is 9.22. The molecule has 0 saturated heterocycles. The van der Waals surface area contributed by atoms with Gasteiger partial charge < -0.3 is 5.11 Å². The van der Waals surface area contributed by atoms with Crippen LogP contribution in [0.4, 0.5) is 0 Å². The van der Waals surface area contributed by atoms with Crippen molar-refractivity contribution < 1.29 is 18.3 Å². The van der Waals surface area contributed by atoms with Crippen LogP contribution in [0, 0.1) is 0 Å². The zero-order valence-electron chi connectivity index (χ0n) is 10.1. The summed E-state index contributed by atoms with van der Waals surface area (Å²) in [4.78, 5) is 12.1. The van der Waals surface area contributed by atoms with Gasteiger partial charge in [-0.3, -0.25) is 4.79 Å². The lowest BCUT2D eigenvalue weighted by Crippen LogP contribution is -2.20. The van der Waals surface area contributed by atoms with Gasteiger partial charge in [-0.05, 0) is 36.8 Å². The standard InChI is InChI=1S/C12H14O4S2/c1-17-9-4-3-8(7-10(9)18(2,15)16)12(5-6-12)11(13)14/h3-4,7H,5-6H2,1-2H3,(H,13,14). The average molecular weight is 286 g/mol. The Hall–Kier alpha value is -1.01. The summed E-state index contributed by atoms with van der Waals surface area (Å²) >= 11 is 1.34. The molecule has 18 heavy (non-hydrogen) atoms. The maximum absolute atomic E-state index is 11.7. The highest BCUT2D eigenvalue weighted by Gasteiger charge is 2.52. The molecular formula is C12H14O4S2. The smallest absolute Gasteiger partial charge is 0.314 e. The second-order valence-corrected chi connectivity index (χ2v) is 7.36. The first-order chi connectivity index (χ1) is 8.31. The van der Waals surface area contributed by atoms with Crippen LogP contribution in [0.1, 0.15) is 18.4 Å². The first-order valence-corrected chi connectivity index (χ1v) is 8.55. The van der Waals surface area contributed by atoms with Gasteiger partial charge in [-0.1, -0.05) is 6.07 Å². The number of carboxylic acids is 1. The lowest BCUT2D eigenvalue weighted by Gasteiger charge is -2.13. The van der Waals surface area contributed by atoms with Gasteiger partial charge in [0.05, 0.1) is 10.3 Å².